The van der Waals surface area contributed by atoms with Gasteiger partial charge in [-0.25, -0.2) is 0 Å². The predicted molar refractivity (Wildman–Crippen MR) is 97.6 cm³/mol. The Hall–Kier alpha value is -1.83. The van der Waals surface area contributed by atoms with E-state index in [1.54, 1.807) is 11.3 Å². The highest BCUT2D eigenvalue weighted by atomic mass is 32.1. The van der Waals surface area contributed by atoms with Crippen molar-refractivity contribution in [1.29, 1.82) is 0 Å². The highest BCUT2D eigenvalue weighted by Crippen LogP contribution is 2.30. The molecule has 2 aliphatic rings. The molecule has 4 rings (SSSR count). The van der Waals surface area contributed by atoms with Gasteiger partial charge in [0.05, 0.1) is 12.7 Å². The number of aryl methyl sites for hydroxylation is 1. The summed E-state index contributed by atoms with van der Waals surface area (Å²) in [6.45, 7) is 3.58. The van der Waals surface area contributed by atoms with Gasteiger partial charge in [0.25, 0.3) is 0 Å². The van der Waals surface area contributed by atoms with Crippen molar-refractivity contribution in [3.63, 3.8) is 0 Å². The van der Waals surface area contributed by atoms with E-state index in [9.17, 15) is 4.79 Å². The SMILES string of the molecule is Cc1nnc(-c2cccc(NC(=O)[C@H]3CC[C@H]4OCCN[C@@H]4C3)c2)s1. The molecule has 132 valence electrons. The van der Waals surface area contributed by atoms with Gasteiger partial charge < -0.3 is 15.4 Å². The number of aromatic nitrogens is 2. The fraction of sp³-hybridized carbons (Fsp3) is 0.500. The topological polar surface area (TPSA) is 76.1 Å². The van der Waals surface area contributed by atoms with Crippen LogP contribution >= 0.6 is 11.3 Å². The van der Waals surface area contributed by atoms with Crippen molar-refractivity contribution < 1.29 is 9.53 Å². The van der Waals surface area contributed by atoms with Crippen molar-refractivity contribution >= 4 is 22.9 Å². The number of amides is 1. The number of nitrogens with one attached hydrogen (secondary N) is 2. The number of carbonyl (C=O) groups is 1. The van der Waals surface area contributed by atoms with Crippen LogP contribution in [0.15, 0.2) is 24.3 Å². The summed E-state index contributed by atoms with van der Waals surface area (Å²) in [4.78, 5) is 12.7. The van der Waals surface area contributed by atoms with Gasteiger partial charge in [0.2, 0.25) is 5.91 Å². The molecule has 0 radical (unpaired) electrons. The Balaban J connectivity index is 1.42. The normalized spacial score (nSPS) is 26.0. The summed E-state index contributed by atoms with van der Waals surface area (Å²) < 4.78 is 5.79. The maximum absolute atomic E-state index is 12.7. The quantitative estimate of drug-likeness (QED) is 0.882. The van der Waals surface area contributed by atoms with E-state index in [0.29, 0.717) is 6.04 Å². The Morgan fingerprint density at radius 3 is 3.12 bits per heavy atom. The van der Waals surface area contributed by atoms with E-state index >= 15 is 0 Å². The van der Waals surface area contributed by atoms with E-state index in [1.807, 2.05) is 31.2 Å². The second kappa shape index (κ2) is 7.19. The Labute approximate surface area is 151 Å². The third-order valence-corrected chi connectivity index (χ3v) is 5.79. The van der Waals surface area contributed by atoms with Crippen LogP contribution in [0.3, 0.4) is 0 Å². The molecule has 1 aliphatic heterocycles. The molecule has 0 unspecified atom stereocenters. The van der Waals surface area contributed by atoms with E-state index in [1.165, 1.54) is 0 Å². The molecule has 1 aromatic heterocycles. The van der Waals surface area contributed by atoms with Crippen LogP contribution in [0.4, 0.5) is 5.69 Å². The van der Waals surface area contributed by atoms with Gasteiger partial charge in [0.15, 0.2) is 0 Å². The number of ether oxygens (including phenoxy) is 1. The summed E-state index contributed by atoms with van der Waals surface area (Å²) in [6, 6.07) is 8.11. The molecule has 0 bridgehead atoms. The van der Waals surface area contributed by atoms with Crippen molar-refractivity contribution in [3.05, 3.63) is 29.3 Å². The van der Waals surface area contributed by atoms with E-state index in [4.69, 9.17) is 4.74 Å². The van der Waals surface area contributed by atoms with Crippen LogP contribution in [-0.4, -0.2) is 41.4 Å². The first-order chi connectivity index (χ1) is 12.2. The lowest BCUT2D eigenvalue weighted by molar-refractivity contribution is -0.123. The number of anilines is 1. The summed E-state index contributed by atoms with van der Waals surface area (Å²) in [5.41, 5.74) is 1.79. The zero-order chi connectivity index (χ0) is 17.2. The van der Waals surface area contributed by atoms with Crippen molar-refractivity contribution in [2.45, 2.75) is 38.3 Å². The molecule has 1 saturated heterocycles. The van der Waals surface area contributed by atoms with Gasteiger partial charge >= 0.3 is 0 Å². The minimum absolute atomic E-state index is 0.0304. The van der Waals surface area contributed by atoms with Crippen molar-refractivity contribution in [1.82, 2.24) is 15.5 Å². The van der Waals surface area contributed by atoms with E-state index in [0.717, 1.165) is 53.7 Å². The molecule has 25 heavy (non-hydrogen) atoms. The van der Waals surface area contributed by atoms with Crippen molar-refractivity contribution in [2.24, 2.45) is 5.92 Å². The molecule has 2 aromatic rings. The number of hydrogen-bond acceptors (Lipinski definition) is 6. The fourth-order valence-electron chi connectivity index (χ4n) is 3.64. The Kier molecular flexibility index (Phi) is 4.78. The second-order valence-electron chi connectivity index (χ2n) is 6.68. The second-order valence-corrected chi connectivity index (χ2v) is 7.86. The molecule has 0 spiro atoms. The minimum Gasteiger partial charge on any atom is -0.375 e. The summed E-state index contributed by atoms with van der Waals surface area (Å²) in [5, 5.41) is 16.6. The third kappa shape index (κ3) is 3.73. The first-order valence-corrected chi connectivity index (χ1v) is 9.57. The average molecular weight is 358 g/mol. The van der Waals surface area contributed by atoms with Crippen LogP contribution in [0, 0.1) is 12.8 Å². The van der Waals surface area contributed by atoms with Gasteiger partial charge in [0.1, 0.15) is 10.0 Å². The Morgan fingerprint density at radius 2 is 2.28 bits per heavy atom. The molecule has 3 atom stereocenters. The van der Waals surface area contributed by atoms with Gasteiger partial charge in [-0.2, -0.15) is 0 Å². The maximum Gasteiger partial charge on any atom is 0.227 e. The predicted octanol–water partition coefficient (Wildman–Crippen LogP) is 2.61. The van der Waals surface area contributed by atoms with Gasteiger partial charge in [0, 0.05) is 29.8 Å². The summed E-state index contributed by atoms with van der Waals surface area (Å²) >= 11 is 1.55. The standard InChI is InChI=1S/C18H22N4O2S/c1-11-21-22-18(25-11)13-3-2-4-14(9-13)20-17(23)12-5-6-16-15(10-12)19-7-8-24-16/h2-4,9,12,15-16,19H,5-8,10H2,1H3,(H,20,23)/t12-,15+,16+/m0/s1. The first kappa shape index (κ1) is 16.6. The summed E-state index contributed by atoms with van der Waals surface area (Å²) in [5.74, 6) is 0.124. The largest absolute Gasteiger partial charge is 0.375 e. The van der Waals surface area contributed by atoms with Gasteiger partial charge in [-0.05, 0) is 38.3 Å². The number of carbonyl (C=O) groups excluding carboxylic acids is 1. The fourth-order valence-corrected chi connectivity index (χ4v) is 4.33. The number of hydrogen-bond donors (Lipinski definition) is 2. The van der Waals surface area contributed by atoms with Crippen LogP contribution in [0.2, 0.25) is 0 Å². The molecule has 6 nitrogen and oxygen atoms in total. The average Bonchev–Trinajstić information content (AvgIpc) is 3.08. The van der Waals surface area contributed by atoms with E-state index in [2.05, 4.69) is 20.8 Å². The molecule has 1 aliphatic carbocycles. The van der Waals surface area contributed by atoms with E-state index < -0.39 is 0 Å². The van der Waals surface area contributed by atoms with Crippen molar-refractivity contribution in [2.75, 3.05) is 18.5 Å². The van der Waals surface area contributed by atoms with Crippen LogP contribution in [0.5, 0.6) is 0 Å². The van der Waals surface area contributed by atoms with E-state index in [-0.39, 0.29) is 17.9 Å². The molecule has 2 N–H and O–H groups in total. The molecule has 1 saturated carbocycles. The lowest BCUT2D eigenvalue weighted by atomic mass is 9.82. The van der Waals surface area contributed by atoms with Gasteiger partial charge in [-0.1, -0.05) is 23.5 Å². The van der Waals surface area contributed by atoms with Crippen LogP contribution in [0.1, 0.15) is 24.3 Å². The van der Waals surface area contributed by atoms with Crippen LogP contribution in [-0.2, 0) is 9.53 Å². The highest BCUT2D eigenvalue weighted by Gasteiger charge is 2.35. The Bertz CT molecular complexity index is 763. The zero-order valence-corrected chi connectivity index (χ0v) is 15.0. The smallest absolute Gasteiger partial charge is 0.227 e. The molecule has 1 aromatic carbocycles. The Morgan fingerprint density at radius 1 is 1.36 bits per heavy atom. The summed E-state index contributed by atoms with van der Waals surface area (Å²) in [7, 11) is 0. The maximum atomic E-state index is 12.7. The molecule has 7 heteroatoms. The third-order valence-electron chi connectivity index (χ3n) is 4.90. The number of fused-ring (bicyclic) bond motifs is 1. The number of morpholine rings is 1. The lowest BCUT2D eigenvalue weighted by Gasteiger charge is -2.39. The number of benzene rings is 1. The van der Waals surface area contributed by atoms with Gasteiger partial charge in [-0.15, -0.1) is 10.2 Å². The van der Waals surface area contributed by atoms with Crippen LogP contribution < -0.4 is 10.6 Å². The summed E-state index contributed by atoms with van der Waals surface area (Å²) in [6.07, 6.45) is 2.93. The lowest BCUT2D eigenvalue weighted by Crippen LogP contribution is -2.52. The number of nitrogens with zero attached hydrogens (tertiary/aromatic N) is 2. The monoisotopic (exact) mass is 358 g/mol. The molecular weight excluding hydrogens is 336 g/mol. The minimum atomic E-state index is 0.0304. The molecule has 2 heterocycles. The van der Waals surface area contributed by atoms with Gasteiger partial charge in [-0.3, -0.25) is 4.79 Å². The molecule has 1 amide bonds. The molecular formula is C18H22N4O2S. The highest BCUT2D eigenvalue weighted by molar-refractivity contribution is 7.14. The zero-order valence-electron chi connectivity index (χ0n) is 14.2. The van der Waals surface area contributed by atoms with Crippen molar-refractivity contribution in [3.8, 4) is 10.6 Å². The van der Waals surface area contributed by atoms with Crippen LogP contribution in [0.25, 0.3) is 10.6 Å². The first-order valence-electron chi connectivity index (χ1n) is 8.75. The number of rotatable bonds is 3. The molecule has 2 fully saturated rings.